The highest BCUT2D eigenvalue weighted by molar-refractivity contribution is 6.11. The molecular weight excluding hydrogens is 701 g/mol. The maximum Gasteiger partial charge on any atom is 0.238 e. The molecule has 0 saturated carbocycles. The van der Waals surface area contributed by atoms with Crippen LogP contribution in [0.4, 0.5) is 0 Å². The van der Waals surface area contributed by atoms with Gasteiger partial charge in [0.2, 0.25) is 5.95 Å². The van der Waals surface area contributed by atoms with Gasteiger partial charge in [-0.05, 0) is 60.7 Å². The summed E-state index contributed by atoms with van der Waals surface area (Å²) in [5, 5.41) is 4.41. The topological polar surface area (TPSA) is 79.2 Å². The van der Waals surface area contributed by atoms with E-state index in [0.29, 0.717) is 17.6 Å². The Morgan fingerprint density at radius 3 is 1.46 bits per heavy atom. The summed E-state index contributed by atoms with van der Waals surface area (Å²) in [6.45, 7) is 0. The number of benzene rings is 6. The van der Waals surface area contributed by atoms with E-state index in [4.69, 9.17) is 24.9 Å². The standard InChI is InChI=1S/C49H30N8/c1-2-15-31(16-3-1)47-52-48(54-49(53-47)57-37-22-8-4-17-32(37)33-18-5-9-23-38(33)57)36-21-12-26-43(55-39-24-10-6-19-34(39)44-41(55)27-13-29-50-44)46(36)56-40-25-11-7-20-35(40)45-42(56)28-14-30-51-45/h1-30H. The van der Waals surface area contributed by atoms with Gasteiger partial charge in [-0.1, -0.05) is 109 Å². The maximum atomic E-state index is 5.44. The number of hydrogen-bond donors (Lipinski definition) is 0. The van der Waals surface area contributed by atoms with E-state index < -0.39 is 0 Å². The molecule has 57 heavy (non-hydrogen) atoms. The molecule has 6 aromatic heterocycles. The Morgan fingerprint density at radius 2 is 0.825 bits per heavy atom. The van der Waals surface area contributed by atoms with Crippen molar-refractivity contribution in [1.29, 1.82) is 0 Å². The molecule has 266 valence electrons. The zero-order valence-corrected chi connectivity index (χ0v) is 30.4. The molecular formula is C49H30N8. The fraction of sp³-hybridized carbons (Fsp3) is 0. The molecule has 6 aromatic carbocycles. The lowest BCUT2D eigenvalue weighted by molar-refractivity contribution is 0.950. The molecule has 12 rings (SSSR count). The SMILES string of the molecule is c1ccc(-c2nc(-c3cccc(-n4c5ccccc5c5ncccc54)c3-n3c4ccccc4c4ncccc43)nc(-n3c4ccccc4c4ccccc43)n2)cc1. The predicted octanol–water partition coefficient (Wildman–Crippen LogP) is 11.3. The molecule has 0 unspecified atom stereocenters. The van der Waals surface area contributed by atoms with Crippen LogP contribution in [0.15, 0.2) is 182 Å². The molecule has 0 spiro atoms. The Labute approximate surface area is 325 Å². The molecule has 6 heterocycles. The van der Waals surface area contributed by atoms with Crippen LogP contribution in [0, 0.1) is 0 Å². The van der Waals surface area contributed by atoms with Crippen LogP contribution < -0.4 is 0 Å². The average molecular weight is 731 g/mol. The van der Waals surface area contributed by atoms with Crippen molar-refractivity contribution in [2.45, 2.75) is 0 Å². The van der Waals surface area contributed by atoms with Crippen molar-refractivity contribution in [3.05, 3.63) is 182 Å². The molecule has 0 fully saturated rings. The van der Waals surface area contributed by atoms with Crippen LogP contribution in [0.2, 0.25) is 0 Å². The molecule has 12 aromatic rings. The lowest BCUT2D eigenvalue weighted by Crippen LogP contribution is -2.10. The highest BCUT2D eigenvalue weighted by atomic mass is 15.2. The quantitative estimate of drug-likeness (QED) is 0.176. The Bertz CT molecular complexity index is 3380. The van der Waals surface area contributed by atoms with E-state index in [1.165, 1.54) is 0 Å². The van der Waals surface area contributed by atoms with Gasteiger partial charge in [0.25, 0.3) is 0 Å². The summed E-state index contributed by atoms with van der Waals surface area (Å²) in [6.07, 6.45) is 3.72. The van der Waals surface area contributed by atoms with Crippen molar-refractivity contribution in [3.63, 3.8) is 0 Å². The first kappa shape index (κ1) is 31.4. The summed E-state index contributed by atoms with van der Waals surface area (Å²) in [5.41, 5.74) is 11.6. The molecule has 0 atom stereocenters. The minimum absolute atomic E-state index is 0.539. The number of hydrogen-bond acceptors (Lipinski definition) is 5. The van der Waals surface area contributed by atoms with Gasteiger partial charge in [-0.3, -0.25) is 14.5 Å². The van der Waals surface area contributed by atoms with Crippen LogP contribution in [-0.2, 0) is 0 Å². The summed E-state index contributed by atoms with van der Waals surface area (Å²) in [4.78, 5) is 25.8. The second-order valence-corrected chi connectivity index (χ2v) is 14.1. The Morgan fingerprint density at radius 1 is 0.333 bits per heavy atom. The van der Waals surface area contributed by atoms with Crippen LogP contribution in [-0.4, -0.2) is 38.6 Å². The van der Waals surface area contributed by atoms with E-state index in [-0.39, 0.29) is 0 Å². The lowest BCUT2D eigenvalue weighted by atomic mass is 10.1. The number of para-hydroxylation sites is 5. The highest BCUT2D eigenvalue weighted by Gasteiger charge is 2.25. The Kier molecular flexibility index (Phi) is 6.76. The largest absolute Gasteiger partial charge is 0.305 e. The van der Waals surface area contributed by atoms with E-state index in [1.54, 1.807) is 0 Å². The van der Waals surface area contributed by atoms with Gasteiger partial charge in [0.1, 0.15) is 0 Å². The van der Waals surface area contributed by atoms with Crippen LogP contribution in [0.25, 0.3) is 106 Å². The third-order valence-electron chi connectivity index (χ3n) is 11.0. The summed E-state index contributed by atoms with van der Waals surface area (Å²) in [6, 6.07) is 58.7. The highest BCUT2D eigenvalue weighted by Crippen LogP contribution is 2.41. The van der Waals surface area contributed by atoms with Crippen molar-refractivity contribution < 1.29 is 0 Å². The number of rotatable bonds is 5. The summed E-state index contributed by atoms with van der Waals surface area (Å²) in [5.74, 6) is 1.67. The van der Waals surface area contributed by atoms with E-state index >= 15 is 0 Å². The normalized spacial score (nSPS) is 11.9. The molecule has 0 aliphatic carbocycles. The van der Waals surface area contributed by atoms with Gasteiger partial charge in [0, 0.05) is 45.1 Å². The first-order valence-electron chi connectivity index (χ1n) is 18.9. The predicted molar refractivity (Wildman–Crippen MR) is 229 cm³/mol. The van der Waals surface area contributed by atoms with Gasteiger partial charge in [-0.2, -0.15) is 9.97 Å². The smallest absolute Gasteiger partial charge is 0.238 e. The van der Waals surface area contributed by atoms with Crippen LogP contribution in [0.5, 0.6) is 0 Å². The monoisotopic (exact) mass is 730 g/mol. The molecule has 0 N–H and O–H groups in total. The van der Waals surface area contributed by atoms with Crippen molar-refractivity contribution in [3.8, 4) is 40.1 Å². The Hall–Kier alpha value is -7.97. The molecule has 0 aliphatic heterocycles. The summed E-state index contributed by atoms with van der Waals surface area (Å²) < 4.78 is 6.81. The maximum absolute atomic E-state index is 5.44. The zero-order valence-electron chi connectivity index (χ0n) is 30.4. The lowest BCUT2D eigenvalue weighted by Gasteiger charge is -2.20. The average Bonchev–Trinajstić information content (AvgIpc) is 3.92. The molecule has 0 radical (unpaired) electrons. The van der Waals surface area contributed by atoms with Crippen molar-refractivity contribution in [2.75, 3.05) is 0 Å². The molecule has 8 nitrogen and oxygen atoms in total. The summed E-state index contributed by atoms with van der Waals surface area (Å²) in [7, 11) is 0. The third kappa shape index (κ3) is 4.64. The van der Waals surface area contributed by atoms with E-state index in [1.807, 2.05) is 42.7 Å². The van der Waals surface area contributed by atoms with Crippen LogP contribution in [0.1, 0.15) is 0 Å². The first-order chi connectivity index (χ1) is 28.3. The molecule has 0 bridgehead atoms. The second-order valence-electron chi connectivity index (χ2n) is 14.1. The fourth-order valence-electron chi connectivity index (χ4n) is 8.63. The molecule has 0 amide bonds. The molecule has 0 saturated heterocycles. The third-order valence-corrected chi connectivity index (χ3v) is 11.0. The van der Waals surface area contributed by atoms with Crippen LogP contribution >= 0.6 is 0 Å². The van der Waals surface area contributed by atoms with Gasteiger partial charge in [0.05, 0.1) is 55.5 Å². The molecule has 0 aliphatic rings. The number of fused-ring (bicyclic) bond motifs is 9. The van der Waals surface area contributed by atoms with Crippen molar-refractivity contribution >= 4 is 65.7 Å². The first-order valence-corrected chi connectivity index (χ1v) is 18.9. The number of pyridine rings is 2. The van der Waals surface area contributed by atoms with Gasteiger partial charge in [0.15, 0.2) is 11.6 Å². The van der Waals surface area contributed by atoms with Gasteiger partial charge >= 0.3 is 0 Å². The van der Waals surface area contributed by atoms with Gasteiger partial charge in [-0.15, -0.1) is 0 Å². The Balaban J connectivity index is 1.25. The minimum atomic E-state index is 0.539. The molecule has 8 heteroatoms. The number of aromatic nitrogens is 8. The van der Waals surface area contributed by atoms with E-state index in [9.17, 15) is 0 Å². The fourth-order valence-corrected chi connectivity index (χ4v) is 8.63. The van der Waals surface area contributed by atoms with Gasteiger partial charge in [-0.25, -0.2) is 4.98 Å². The zero-order chi connectivity index (χ0) is 37.5. The minimum Gasteiger partial charge on any atom is -0.305 e. The van der Waals surface area contributed by atoms with Gasteiger partial charge < -0.3 is 9.13 Å². The van der Waals surface area contributed by atoms with E-state index in [0.717, 1.165) is 88.2 Å². The van der Waals surface area contributed by atoms with Crippen molar-refractivity contribution in [2.24, 2.45) is 0 Å². The number of nitrogens with zero attached hydrogens (tertiary/aromatic N) is 8. The second kappa shape index (κ2) is 12.3. The van der Waals surface area contributed by atoms with Crippen molar-refractivity contribution in [1.82, 2.24) is 38.6 Å². The summed E-state index contributed by atoms with van der Waals surface area (Å²) >= 11 is 0. The van der Waals surface area contributed by atoms with E-state index in [2.05, 4.69) is 153 Å². The van der Waals surface area contributed by atoms with Crippen LogP contribution in [0.3, 0.4) is 0 Å².